The zero-order chi connectivity index (χ0) is 11.0. The van der Waals surface area contributed by atoms with Gasteiger partial charge in [-0.2, -0.15) is 0 Å². The quantitative estimate of drug-likeness (QED) is 0.491. The molecule has 2 amide bonds. The number of hydrogen-bond donors (Lipinski definition) is 0. The first-order valence-electron chi connectivity index (χ1n) is 3.91. The lowest BCUT2D eigenvalue weighted by molar-refractivity contribution is 0.219. The first-order valence-corrected chi connectivity index (χ1v) is 3.91. The summed E-state index contributed by atoms with van der Waals surface area (Å²) in [4.78, 5) is 21.5. The van der Waals surface area contributed by atoms with E-state index >= 15 is 0 Å². The van der Waals surface area contributed by atoms with Gasteiger partial charge in [0, 0.05) is 26.5 Å². The minimum atomic E-state index is -0.341. The topological polar surface area (TPSA) is 48.3 Å². The molecule has 0 radical (unpaired) electrons. The van der Waals surface area contributed by atoms with Gasteiger partial charge in [0.15, 0.2) is 0 Å². The van der Waals surface area contributed by atoms with Gasteiger partial charge in [-0.05, 0) is 0 Å². The molecule has 0 saturated carbocycles. The third kappa shape index (κ3) is 3.22. The van der Waals surface area contributed by atoms with Gasteiger partial charge in [-0.3, -0.25) is 19.8 Å². The van der Waals surface area contributed by atoms with Crippen molar-refractivity contribution in [2.75, 3.05) is 14.1 Å². The van der Waals surface area contributed by atoms with Crippen molar-refractivity contribution in [2.45, 2.75) is 0 Å². The van der Waals surface area contributed by atoms with Crippen molar-refractivity contribution in [3.63, 3.8) is 0 Å². The largest absolute Gasteiger partial charge is 0.338 e. The molecule has 0 rings (SSSR count). The summed E-state index contributed by atoms with van der Waals surface area (Å²) in [5.74, 6) is 0. The fraction of sp³-hybridized carbons (Fsp3) is 0.222. The Bertz CT molecular complexity index is 244. The maximum atomic E-state index is 11.6. The third-order valence-corrected chi connectivity index (χ3v) is 1.31. The van der Waals surface area contributed by atoms with Gasteiger partial charge in [0.2, 0.25) is 0 Å². The summed E-state index contributed by atoms with van der Waals surface area (Å²) >= 11 is 0. The molecule has 0 unspecified atom stereocenters. The highest BCUT2D eigenvalue weighted by molar-refractivity contribution is 5.95. The van der Waals surface area contributed by atoms with Crippen molar-refractivity contribution < 1.29 is 4.79 Å². The van der Waals surface area contributed by atoms with Gasteiger partial charge in [0.25, 0.3) is 0 Å². The minimum absolute atomic E-state index is 0.341. The maximum Gasteiger partial charge on any atom is 0.338 e. The van der Waals surface area contributed by atoms with E-state index in [1.165, 1.54) is 34.9 Å². The Labute approximate surface area is 83.8 Å². The number of aliphatic imine (C=N–C) groups is 2. The molecule has 0 N–H and O–H groups in total. The molecule has 0 saturated heterocycles. The molecule has 5 heteroatoms. The van der Waals surface area contributed by atoms with Crippen molar-refractivity contribution in [3.8, 4) is 0 Å². The van der Waals surface area contributed by atoms with Crippen molar-refractivity contribution in [1.29, 1.82) is 0 Å². The number of rotatable bonds is 4. The molecule has 0 bridgehead atoms. The predicted octanol–water partition coefficient (Wildman–Crippen LogP) is 1.31. The summed E-state index contributed by atoms with van der Waals surface area (Å²) in [6.07, 6.45) is 5.43. The summed E-state index contributed by atoms with van der Waals surface area (Å²) in [6, 6.07) is -0.341. The van der Waals surface area contributed by atoms with Crippen LogP contribution in [-0.4, -0.2) is 42.6 Å². The van der Waals surface area contributed by atoms with Gasteiger partial charge in [0.05, 0.1) is 12.7 Å². The van der Waals surface area contributed by atoms with E-state index in [9.17, 15) is 4.79 Å². The molecule has 0 aromatic rings. The molecular formula is C9H14N4O. The molecule has 0 aliphatic rings. The van der Waals surface area contributed by atoms with Gasteiger partial charge >= 0.3 is 6.03 Å². The lowest BCUT2D eigenvalue weighted by Gasteiger charge is -2.18. The normalized spacial score (nSPS) is 10.4. The van der Waals surface area contributed by atoms with Crippen LogP contribution in [0.1, 0.15) is 0 Å². The van der Waals surface area contributed by atoms with Crippen molar-refractivity contribution >= 4 is 18.7 Å². The van der Waals surface area contributed by atoms with Crippen molar-refractivity contribution in [3.05, 3.63) is 25.6 Å². The smallest absolute Gasteiger partial charge is 0.278 e. The van der Waals surface area contributed by atoms with Crippen LogP contribution in [-0.2, 0) is 0 Å². The maximum absolute atomic E-state index is 11.6. The Balaban J connectivity index is 4.69. The fourth-order valence-electron chi connectivity index (χ4n) is 0.731. The van der Waals surface area contributed by atoms with E-state index in [1.54, 1.807) is 14.1 Å². The Morgan fingerprint density at radius 2 is 1.43 bits per heavy atom. The molecule has 0 aliphatic carbocycles. The first-order chi connectivity index (χ1) is 6.71. The highest BCUT2D eigenvalue weighted by Crippen LogP contribution is 1.95. The standard InChI is InChI=1S/C9H14N4O/c1-5-12(7-10-3)9(14)13(6-2)8-11-4/h5-8H,1-2H2,3-4H3. The Hall–Kier alpha value is -1.91. The number of nitrogens with zero attached hydrogens (tertiary/aromatic N) is 4. The van der Waals surface area contributed by atoms with E-state index in [1.807, 2.05) is 0 Å². The third-order valence-electron chi connectivity index (χ3n) is 1.31. The van der Waals surface area contributed by atoms with Crippen LogP contribution in [0.2, 0.25) is 0 Å². The van der Waals surface area contributed by atoms with Crippen LogP contribution in [0.5, 0.6) is 0 Å². The first kappa shape index (κ1) is 12.1. The second-order valence-corrected chi connectivity index (χ2v) is 2.21. The number of hydrogen-bond acceptors (Lipinski definition) is 3. The molecule has 76 valence electrons. The monoisotopic (exact) mass is 194 g/mol. The average molecular weight is 194 g/mol. The van der Waals surface area contributed by atoms with Crippen molar-refractivity contribution in [2.24, 2.45) is 9.98 Å². The number of amides is 2. The van der Waals surface area contributed by atoms with E-state index in [4.69, 9.17) is 0 Å². The van der Waals surface area contributed by atoms with E-state index < -0.39 is 0 Å². The summed E-state index contributed by atoms with van der Waals surface area (Å²) in [5, 5.41) is 0. The van der Waals surface area contributed by atoms with Gasteiger partial charge in [-0.1, -0.05) is 13.2 Å². The highest BCUT2D eigenvalue weighted by Gasteiger charge is 2.12. The van der Waals surface area contributed by atoms with Gasteiger partial charge < -0.3 is 0 Å². The Kier molecular flexibility index (Phi) is 5.69. The number of carbonyl (C=O) groups excluding carboxylic acids is 1. The zero-order valence-electron chi connectivity index (χ0n) is 8.42. The molecule has 0 atom stereocenters. The molecule has 0 aromatic heterocycles. The van der Waals surface area contributed by atoms with Crippen molar-refractivity contribution in [1.82, 2.24) is 9.80 Å². The van der Waals surface area contributed by atoms with Gasteiger partial charge in [-0.15, -0.1) is 0 Å². The molecule has 0 heterocycles. The summed E-state index contributed by atoms with van der Waals surface area (Å²) < 4.78 is 0. The molecule has 0 spiro atoms. The second kappa shape index (κ2) is 6.59. The summed E-state index contributed by atoms with van der Waals surface area (Å²) in [7, 11) is 3.13. The molecule has 0 aliphatic heterocycles. The van der Waals surface area contributed by atoms with Crippen LogP contribution in [0.4, 0.5) is 4.79 Å². The van der Waals surface area contributed by atoms with Crippen LogP contribution in [0.25, 0.3) is 0 Å². The Morgan fingerprint density at radius 1 is 1.07 bits per heavy atom. The lowest BCUT2D eigenvalue weighted by atomic mass is 10.6. The summed E-state index contributed by atoms with van der Waals surface area (Å²) in [5.41, 5.74) is 0. The van der Waals surface area contributed by atoms with Gasteiger partial charge in [-0.25, -0.2) is 4.79 Å². The number of urea groups is 1. The second-order valence-electron chi connectivity index (χ2n) is 2.21. The summed E-state index contributed by atoms with van der Waals surface area (Å²) in [6.45, 7) is 6.97. The predicted molar refractivity (Wildman–Crippen MR) is 58.3 cm³/mol. The zero-order valence-corrected chi connectivity index (χ0v) is 8.42. The molecule has 0 fully saturated rings. The van der Waals surface area contributed by atoms with Crippen LogP contribution < -0.4 is 0 Å². The average Bonchev–Trinajstić information content (AvgIpc) is 2.21. The lowest BCUT2D eigenvalue weighted by Crippen LogP contribution is -2.35. The molecular weight excluding hydrogens is 180 g/mol. The Morgan fingerprint density at radius 3 is 1.64 bits per heavy atom. The van der Waals surface area contributed by atoms with Crippen LogP contribution >= 0.6 is 0 Å². The van der Waals surface area contributed by atoms with Gasteiger partial charge in [0.1, 0.15) is 0 Å². The van der Waals surface area contributed by atoms with Crippen LogP contribution in [0.15, 0.2) is 35.5 Å². The minimum Gasteiger partial charge on any atom is -0.278 e. The molecule has 5 nitrogen and oxygen atoms in total. The molecule has 14 heavy (non-hydrogen) atoms. The molecule has 0 aromatic carbocycles. The van der Waals surface area contributed by atoms with Crippen LogP contribution in [0.3, 0.4) is 0 Å². The van der Waals surface area contributed by atoms with E-state index in [0.29, 0.717) is 0 Å². The van der Waals surface area contributed by atoms with E-state index in [0.717, 1.165) is 0 Å². The number of carbonyl (C=O) groups is 1. The SMILES string of the molecule is C=CN(C=NC)C(=O)N(C=C)C=NC. The fourth-order valence-corrected chi connectivity index (χ4v) is 0.731. The van der Waals surface area contributed by atoms with E-state index in [2.05, 4.69) is 23.1 Å². The van der Waals surface area contributed by atoms with E-state index in [-0.39, 0.29) is 6.03 Å². The van der Waals surface area contributed by atoms with Crippen LogP contribution in [0, 0.1) is 0 Å². The highest BCUT2D eigenvalue weighted by atomic mass is 16.2.